The molecule has 0 aliphatic heterocycles. The maximum Gasteiger partial charge on any atom is 0.264 e. The molecular weight excluding hydrogens is 546 g/mol. The molecule has 0 saturated heterocycles. The third-order valence-corrected chi connectivity index (χ3v) is 8.26. The first-order valence-corrected chi connectivity index (χ1v) is 14.6. The predicted octanol–water partition coefficient (Wildman–Crippen LogP) is 3.85. The van der Waals surface area contributed by atoms with E-state index in [0.29, 0.717) is 24.5 Å². The number of hydrogen-bond donors (Lipinski definition) is 1. The number of benzene rings is 3. The quantitative estimate of drug-likeness (QED) is 0.307. The van der Waals surface area contributed by atoms with E-state index in [1.54, 1.807) is 69.5 Å². The van der Waals surface area contributed by atoms with Crippen molar-refractivity contribution in [2.45, 2.75) is 37.8 Å². The molecule has 1 atom stereocenters. The van der Waals surface area contributed by atoms with Crippen molar-refractivity contribution >= 4 is 27.5 Å². The van der Waals surface area contributed by atoms with Crippen molar-refractivity contribution in [1.29, 1.82) is 0 Å². The Balaban J connectivity index is 2.14. The van der Waals surface area contributed by atoms with Crippen molar-refractivity contribution in [2.24, 2.45) is 0 Å². The van der Waals surface area contributed by atoms with Gasteiger partial charge in [-0.2, -0.15) is 0 Å². The lowest BCUT2D eigenvalue weighted by Crippen LogP contribution is -2.52. The number of ether oxygens (including phenoxy) is 3. The summed E-state index contributed by atoms with van der Waals surface area (Å²) in [5, 5.41) is 2.79. The zero-order chi connectivity index (χ0) is 30.0. The smallest absolute Gasteiger partial charge is 0.264 e. The first-order chi connectivity index (χ1) is 19.7. The fourth-order valence-electron chi connectivity index (χ4n) is 4.40. The summed E-state index contributed by atoms with van der Waals surface area (Å²) in [6, 6.07) is 18.8. The molecule has 10 nitrogen and oxygen atoms in total. The zero-order valence-electron chi connectivity index (χ0n) is 24.0. The van der Waals surface area contributed by atoms with Crippen LogP contribution >= 0.6 is 0 Å². The standard InChI is InChI=1S/C30H37N3O7S/c1-6-26(30(35)31-7-2)32(20-22-12-11-13-23(18-22)38-3)29(34)21-33(41(36,37)25-14-9-8-10-15-25)27-19-24(39-4)16-17-28(27)40-5/h8-19,26H,6-7,20-21H2,1-5H3,(H,31,35). The number of likely N-dealkylation sites (N-methyl/N-ethyl adjacent to an activating group) is 1. The molecule has 0 aliphatic rings. The van der Waals surface area contributed by atoms with Gasteiger partial charge in [0, 0.05) is 19.2 Å². The van der Waals surface area contributed by atoms with Crippen molar-refractivity contribution in [3.05, 3.63) is 78.4 Å². The zero-order valence-corrected chi connectivity index (χ0v) is 24.8. The molecular formula is C30H37N3O7S. The Morgan fingerprint density at radius 1 is 0.854 bits per heavy atom. The molecule has 0 radical (unpaired) electrons. The predicted molar refractivity (Wildman–Crippen MR) is 157 cm³/mol. The Hall–Kier alpha value is -4.25. The van der Waals surface area contributed by atoms with Crippen LogP contribution in [0.4, 0.5) is 5.69 Å². The second-order valence-corrected chi connectivity index (χ2v) is 10.9. The van der Waals surface area contributed by atoms with Gasteiger partial charge in [-0.3, -0.25) is 13.9 Å². The van der Waals surface area contributed by atoms with Crippen molar-refractivity contribution in [2.75, 3.05) is 38.7 Å². The van der Waals surface area contributed by atoms with Gasteiger partial charge in [0.05, 0.1) is 31.9 Å². The number of methoxy groups -OCH3 is 3. The van der Waals surface area contributed by atoms with Crippen LogP contribution in [-0.4, -0.2) is 65.6 Å². The maximum absolute atomic E-state index is 14.2. The van der Waals surface area contributed by atoms with E-state index in [4.69, 9.17) is 14.2 Å². The summed E-state index contributed by atoms with van der Waals surface area (Å²) < 4.78 is 45.3. The van der Waals surface area contributed by atoms with Crippen LogP contribution in [0.2, 0.25) is 0 Å². The minimum atomic E-state index is -4.26. The van der Waals surface area contributed by atoms with E-state index in [9.17, 15) is 18.0 Å². The molecule has 11 heteroatoms. The van der Waals surface area contributed by atoms with Crippen molar-refractivity contribution < 1.29 is 32.2 Å². The molecule has 3 aromatic carbocycles. The van der Waals surface area contributed by atoms with Gasteiger partial charge in [-0.05, 0) is 55.3 Å². The van der Waals surface area contributed by atoms with Gasteiger partial charge in [0.25, 0.3) is 10.0 Å². The topological polar surface area (TPSA) is 114 Å². The van der Waals surface area contributed by atoms with Gasteiger partial charge < -0.3 is 24.4 Å². The van der Waals surface area contributed by atoms with Crippen LogP contribution in [0, 0.1) is 0 Å². The number of carbonyl (C=O) groups excluding carboxylic acids is 2. The average molecular weight is 584 g/mol. The number of nitrogens with one attached hydrogen (secondary N) is 1. The van der Waals surface area contributed by atoms with Gasteiger partial charge in [0.15, 0.2) is 0 Å². The first-order valence-electron chi connectivity index (χ1n) is 13.2. The molecule has 220 valence electrons. The monoisotopic (exact) mass is 583 g/mol. The summed E-state index contributed by atoms with van der Waals surface area (Å²) >= 11 is 0. The Kier molecular flexibility index (Phi) is 11.0. The molecule has 0 saturated carbocycles. The Bertz CT molecular complexity index is 1430. The molecule has 0 bridgehead atoms. The highest BCUT2D eigenvalue weighted by atomic mass is 32.2. The van der Waals surface area contributed by atoms with Crippen LogP contribution in [-0.2, 0) is 26.2 Å². The highest BCUT2D eigenvalue weighted by Gasteiger charge is 2.35. The van der Waals surface area contributed by atoms with Crippen molar-refractivity contribution in [1.82, 2.24) is 10.2 Å². The van der Waals surface area contributed by atoms with Crippen LogP contribution in [0.1, 0.15) is 25.8 Å². The lowest BCUT2D eigenvalue weighted by Gasteiger charge is -2.33. The third-order valence-electron chi connectivity index (χ3n) is 6.49. The fraction of sp³-hybridized carbons (Fsp3) is 0.333. The highest BCUT2D eigenvalue weighted by molar-refractivity contribution is 7.92. The summed E-state index contributed by atoms with van der Waals surface area (Å²) in [4.78, 5) is 28.7. The van der Waals surface area contributed by atoms with Crippen LogP contribution < -0.4 is 23.8 Å². The summed E-state index contributed by atoms with van der Waals surface area (Å²) in [6.45, 7) is 3.43. The average Bonchev–Trinajstić information content (AvgIpc) is 2.99. The fourth-order valence-corrected chi connectivity index (χ4v) is 5.84. The van der Waals surface area contributed by atoms with Crippen LogP contribution in [0.3, 0.4) is 0 Å². The van der Waals surface area contributed by atoms with Crippen LogP contribution in [0.5, 0.6) is 17.2 Å². The molecule has 3 aromatic rings. The number of hydrogen-bond acceptors (Lipinski definition) is 7. The minimum absolute atomic E-state index is 0.00668. The normalized spacial score (nSPS) is 11.7. The van der Waals surface area contributed by atoms with Gasteiger partial charge >= 0.3 is 0 Å². The lowest BCUT2D eigenvalue weighted by molar-refractivity contribution is -0.140. The Morgan fingerprint density at radius 2 is 1.54 bits per heavy atom. The van der Waals surface area contributed by atoms with E-state index in [2.05, 4.69) is 5.32 Å². The van der Waals surface area contributed by atoms with Gasteiger partial charge in [-0.15, -0.1) is 0 Å². The van der Waals surface area contributed by atoms with E-state index in [1.165, 1.54) is 37.3 Å². The molecule has 2 amide bonds. The molecule has 0 aromatic heterocycles. The number of sulfonamides is 1. The Morgan fingerprint density at radius 3 is 2.15 bits per heavy atom. The highest BCUT2D eigenvalue weighted by Crippen LogP contribution is 2.36. The van der Waals surface area contributed by atoms with Crippen molar-refractivity contribution in [3.63, 3.8) is 0 Å². The van der Waals surface area contributed by atoms with Crippen LogP contribution in [0.25, 0.3) is 0 Å². The largest absolute Gasteiger partial charge is 0.497 e. The molecule has 3 rings (SSSR count). The van der Waals surface area contributed by atoms with Crippen LogP contribution in [0.15, 0.2) is 77.7 Å². The summed E-state index contributed by atoms with van der Waals surface area (Å²) in [6.07, 6.45) is 0.315. The maximum atomic E-state index is 14.2. The summed E-state index contributed by atoms with van der Waals surface area (Å²) in [7, 11) is 0.158. The van der Waals surface area contributed by atoms with Gasteiger partial charge in [0.1, 0.15) is 29.8 Å². The number of anilines is 1. The Labute approximate surface area is 241 Å². The number of rotatable bonds is 14. The SMILES string of the molecule is CCNC(=O)C(CC)N(Cc1cccc(OC)c1)C(=O)CN(c1cc(OC)ccc1OC)S(=O)(=O)c1ccccc1. The molecule has 1 unspecified atom stereocenters. The first kappa shape index (κ1) is 31.3. The van der Waals surface area contributed by atoms with Gasteiger partial charge in [-0.1, -0.05) is 37.3 Å². The summed E-state index contributed by atoms with van der Waals surface area (Å²) in [5.74, 6) is 0.296. The third kappa shape index (κ3) is 7.49. The molecule has 41 heavy (non-hydrogen) atoms. The minimum Gasteiger partial charge on any atom is -0.497 e. The number of amides is 2. The van der Waals surface area contributed by atoms with E-state index in [1.807, 2.05) is 6.07 Å². The summed E-state index contributed by atoms with van der Waals surface area (Å²) in [5.41, 5.74) is 0.841. The molecule has 0 heterocycles. The molecule has 1 N–H and O–H groups in total. The second kappa shape index (κ2) is 14.4. The lowest BCUT2D eigenvalue weighted by atomic mass is 10.1. The molecule has 0 aliphatic carbocycles. The van der Waals surface area contributed by atoms with Gasteiger partial charge in [-0.25, -0.2) is 8.42 Å². The van der Waals surface area contributed by atoms with Crippen molar-refractivity contribution in [3.8, 4) is 17.2 Å². The van der Waals surface area contributed by atoms with E-state index in [-0.39, 0.29) is 28.8 Å². The van der Waals surface area contributed by atoms with E-state index >= 15 is 0 Å². The number of carbonyl (C=O) groups is 2. The van der Waals surface area contributed by atoms with Gasteiger partial charge in [0.2, 0.25) is 11.8 Å². The number of nitrogens with zero attached hydrogens (tertiary/aromatic N) is 2. The second-order valence-electron chi connectivity index (χ2n) is 9.05. The van der Waals surface area contributed by atoms with E-state index in [0.717, 1.165) is 9.87 Å². The van der Waals surface area contributed by atoms with E-state index < -0.39 is 28.5 Å². The molecule has 0 fully saturated rings. The molecule has 0 spiro atoms.